The summed E-state index contributed by atoms with van der Waals surface area (Å²) in [5, 5.41) is 0. The van der Waals surface area contributed by atoms with Crippen molar-refractivity contribution in [2.75, 3.05) is 26.2 Å². The van der Waals surface area contributed by atoms with Crippen LogP contribution < -0.4 is 0 Å². The molecule has 138 valence electrons. The summed E-state index contributed by atoms with van der Waals surface area (Å²) in [6, 6.07) is 7.71. The fourth-order valence-electron chi connectivity index (χ4n) is 4.15. The minimum atomic E-state index is 0.0160. The van der Waals surface area contributed by atoms with Crippen molar-refractivity contribution in [3.8, 4) is 0 Å². The third-order valence-electron chi connectivity index (χ3n) is 5.91. The fourth-order valence-corrected chi connectivity index (χ4v) is 4.15. The number of carbonyl (C=O) groups excluding carboxylic acids is 2. The van der Waals surface area contributed by atoms with E-state index < -0.39 is 0 Å². The Morgan fingerprint density at radius 3 is 2.31 bits per heavy atom. The second kappa shape index (κ2) is 7.75. The number of ketones is 2. The van der Waals surface area contributed by atoms with E-state index in [4.69, 9.17) is 0 Å². The molecule has 3 fully saturated rings. The number of hydrogen-bond donors (Lipinski definition) is 0. The van der Waals surface area contributed by atoms with Gasteiger partial charge in [-0.1, -0.05) is 24.3 Å². The first kappa shape index (κ1) is 17.5. The average Bonchev–Trinajstić information content (AvgIpc) is 3.22. The maximum atomic E-state index is 12.5. The fraction of sp³-hybridized carbons (Fsp3) is 0.545. The topological polar surface area (TPSA) is 40.6 Å². The monoisotopic (exact) mass is 352 g/mol. The molecule has 4 nitrogen and oxygen atoms in total. The number of hydrogen-bond acceptors (Lipinski definition) is 4. The Balaban J connectivity index is 1.34. The number of Topliss-reactive ketones (excluding diaryl/α,β-unsaturated/α-hetero) is 1. The molecule has 1 saturated carbocycles. The smallest absolute Gasteiger partial charge is 0.187 e. The van der Waals surface area contributed by atoms with Crippen LogP contribution in [0.1, 0.15) is 59.2 Å². The summed E-state index contributed by atoms with van der Waals surface area (Å²) < 4.78 is 0. The Bertz CT molecular complexity index is 685. The van der Waals surface area contributed by atoms with E-state index in [2.05, 4.69) is 9.80 Å². The van der Waals surface area contributed by atoms with Crippen LogP contribution in [0, 0.1) is 5.92 Å². The molecule has 0 spiro atoms. The van der Waals surface area contributed by atoms with Gasteiger partial charge < -0.3 is 9.80 Å². The van der Waals surface area contributed by atoms with Gasteiger partial charge in [-0.3, -0.25) is 9.59 Å². The molecule has 0 amide bonds. The molecule has 1 atom stereocenters. The molecule has 4 rings (SSSR count). The van der Waals surface area contributed by atoms with E-state index >= 15 is 0 Å². The van der Waals surface area contributed by atoms with Gasteiger partial charge >= 0.3 is 0 Å². The summed E-state index contributed by atoms with van der Waals surface area (Å²) in [7, 11) is 0. The average molecular weight is 352 g/mol. The van der Waals surface area contributed by atoms with Crippen molar-refractivity contribution in [2.24, 2.45) is 5.92 Å². The molecule has 2 aliphatic heterocycles. The minimum absolute atomic E-state index is 0.0160. The lowest BCUT2D eigenvalue weighted by Gasteiger charge is -2.27. The highest BCUT2D eigenvalue weighted by Crippen LogP contribution is 2.32. The standard InChI is InChI=1S/C22H28N2O2/c25-21(17-5-7-18(8-6-17)22(26)19-9-10-19)11-15-24-14-3-4-20(24)16-23-12-1-2-13-23/h5-8,11,15,19-20H,1-4,9-10,12-14,16H2/b15-11+/t20-/m0/s1. The van der Waals surface area contributed by atoms with E-state index in [-0.39, 0.29) is 17.5 Å². The maximum absolute atomic E-state index is 12.5. The number of rotatable bonds is 7. The van der Waals surface area contributed by atoms with E-state index in [1.165, 1.54) is 38.8 Å². The lowest BCUT2D eigenvalue weighted by atomic mass is 10.0. The van der Waals surface area contributed by atoms with Gasteiger partial charge in [-0.25, -0.2) is 0 Å². The predicted molar refractivity (Wildman–Crippen MR) is 102 cm³/mol. The zero-order valence-corrected chi connectivity index (χ0v) is 15.4. The maximum Gasteiger partial charge on any atom is 0.187 e. The van der Waals surface area contributed by atoms with Crippen LogP contribution in [0.15, 0.2) is 36.5 Å². The Morgan fingerprint density at radius 1 is 0.923 bits per heavy atom. The van der Waals surface area contributed by atoms with Crippen LogP contribution >= 0.6 is 0 Å². The SMILES string of the molecule is O=C(/C=C/N1CCC[C@H]1CN1CCCC1)c1ccc(C(=O)C2CC2)cc1. The van der Waals surface area contributed by atoms with Gasteiger partial charge in [0, 0.05) is 48.5 Å². The summed E-state index contributed by atoms with van der Waals surface area (Å²) >= 11 is 0. The van der Waals surface area contributed by atoms with Crippen LogP contribution in [0.3, 0.4) is 0 Å². The first-order valence-corrected chi connectivity index (χ1v) is 10.1. The quantitative estimate of drug-likeness (QED) is 0.556. The van der Waals surface area contributed by atoms with E-state index in [1.54, 1.807) is 30.3 Å². The molecule has 0 N–H and O–H groups in total. The van der Waals surface area contributed by atoms with Crippen LogP contribution in [-0.4, -0.2) is 53.6 Å². The molecule has 0 bridgehead atoms. The van der Waals surface area contributed by atoms with Gasteiger partial charge in [-0.2, -0.15) is 0 Å². The van der Waals surface area contributed by atoms with Crippen molar-refractivity contribution in [2.45, 2.75) is 44.6 Å². The number of nitrogens with zero attached hydrogens (tertiary/aromatic N) is 2. The van der Waals surface area contributed by atoms with Crippen molar-refractivity contribution >= 4 is 11.6 Å². The van der Waals surface area contributed by atoms with Crippen LogP contribution in [0.4, 0.5) is 0 Å². The molecule has 0 unspecified atom stereocenters. The first-order chi connectivity index (χ1) is 12.7. The molecule has 0 radical (unpaired) electrons. The van der Waals surface area contributed by atoms with Crippen LogP contribution in [-0.2, 0) is 0 Å². The second-order valence-electron chi connectivity index (χ2n) is 7.94. The normalized spacial score (nSPS) is 23.8. The summed E-state index contributed by atoms with van der Waals surface area (Å²) in [5.41, 5.74) is 1.39. The van der Waals surface area contributed by atoms with Crippen molar-refractivity contribution in [1.82, 2.24) is 9.80 Å². The minimum Gasteiger partial charge on any atom is -0.373 e. The molecule has 1 aromatic carbocycles. The molecule has 1 aliphatic carbocycles. The number of benzene rings is 1. The summed E-state index contributed by atoms with van der Waals surface area (Å²) in [6.07, 6.45) is 10.8. The zero-order chi connectivity index (χ0) is 17.9. The summed E-state index contributed by atoms with van der Waals surface area (Å²) in [4.78, 5) is 29.4. The van der Waals surface area contributed by atoms with Crippen LogP contribution in [0.5, 0.6) is 0 Å². The van der Waals surface area contributed by atoms with Crippen molar-refractivity contribution < 1.29 is 9.59 Å². The van der Waals surface area contributed by atoms with Gasteiger partial charge in [0.2, 0.25) is 0 Å². The molecular formula is C22H28N2O2. The Morgan fingerprint density at radius 2 is 1.62 bits per heavy atom. The molecular weight excluding hydrogens is 324 g/mol. The largest absolute Gasteiger partial charge is 0.373 e. The highest BCUT2D eigenvalue weighted by Gasteiger charge is 2.30. The van der Waals surface area contributed by atoms with Gasteiger partial charge in [0.05, 0.1) is 0 Å². The molecule has 26 heavy (non-hydrogen) atoms. The van der Waals surface area contributed by atoms with Crippen LogP contribution in [0.25, 0.3) is 0 Å². The number of likely N-dealkylation sites (tertiary alicyclic amines) is 2. The third-order valence-corrected chi connectivity index (χ3v) is 5.91. The molecule has 2 heterocycles. The van der Waals surface area contributed by atoms with Gasteiger partial charge in [0.15, 0.2) is 11.6 Å². The number of carbonyl (C=O) groups is 2. The zero-order valence-electron chi connectivity index (χ0n) is 15.4. The van der Waals surface area contributed by atoms with Crippen molar-refractivity contribution in [1.29, 1.82) is 0 Å². The highest BCUT2D eigenvalue weighted by molar-refractivity contribution is 6.05. The lowest BCUT2D eigenvalue weighted by molar-refractivity contribution is 0.0966. The van der Waals surface area contributed by atoms with Gasteiger partial charge in [-0.15, -0.1) is 0 Å². The van der Waals surface area contributed by atoms with E-state index in [9.17, 15) is 9.59 Å². The summed E-state index contributed by atoms with van der Waals surface area (Å²) in [6.45, 7) is 4.60. The summed E-state index contributed by atoms with van der Waals surface area (Å²) in [5.74, 6) is 0.461. The van der Waals surface area contributed by atoms with Gasteiger partial charge in [0.25, 0.3) is 0 Å². The lowest BCUT2D eigenvalue weighted by Crippen LogP contribution is -2.36. The highest BCUT2D eigenvalue weighted by atomic mass is 16.1. The molecule has 4 heteroatoms. The third kappa shape index (κ3) is 4.07. The van der Waals surface area contributed by atoms with Crippen molar-refractivity contribution in [3.05, 3.63) is 47.7 Å². The van der Waals surface area contributed by atoms with Gasteiger partial charge in [-0.05, 0) is 51.6 Å². The Labute approximate surface area is 155 Å². The predicted octanol–water partition coefficient (Wildman–Crippen LogP) is 3.54. The second-order valence-corrected chi connectivity index (χ2v) is 7.94. The molecule has 0 aromatic heterocycles. The van der Waals surface area contributed by atoms with Crippen LogP contribution in [0.2, 0.25) is 0 Å². The first-order valence-electron chi connectivity index (χ1n) is 10.1. The van der Waals surface area contributed by atoms with E-state index in [1.807, 2.05) is 6.20 Å². The molecule has 2 saturated heterocycles. The van der Waals surface area contributed by atoms with Crippen molar-refractivity contribution in [3.63, 3.8) is 0 Å². The molecule has 1 aromatic rings. The Kier molecular flexibility index (Phi) is 5.21. The molecule has 3 aliphatic rings. The van der Waals surface area contributed by atoms with E-state index in [0.717, 1.165) is 31.5 Å². The Hall–Kier alpha value is -1.94. The van der Waals surface area contributed by atoms with E-state index in [0.29, 0.717) is 11.6 Å². The number of allylic oxidation sites excluding steroid dienone is 1. The van der Waals surface area contributed by atoms with Gasteiger partial charge in [0.1, 0.15) is 0 Å².